The molecule has 0 bridgehead atoms. The van der Waals surface area contributed by atoms with Gasteiger partial charge in [-0.25, -0.2) is 0 Å². The monoisotopic (exact) mass is 235 g/mol. The van der Waals surface area contributed by atoms with Crippen LogP contribution in [0.15, 0.2) is 23.8 Å². The fourth-order valence-corrected chi connectivity index (χ4v) is 2.27. The van der Waals surface area contributed by atoms with E-state index in [1.165, 1.54) is 5.56 Å². The van der Waals surface area contributed by atoms with Gasteiger partial charge in [0.25, 0.3) is 0 Å². The molecule has 1 aliphatic carbocycles. The van der Waals surface area contributed by atoms with Crippen LogP contribution in [0.25, 0.3) is 5.03 Å². The number of benzene rings is 1. The number of rotatable bonds is 2. The molecule has 1 aromatic carbocycles. The highest BCUT2D eigenvalue weighted by Crippen LogP contribution is 2.34. The van der Waals surface area contributed by atoms with Crippen molar-refractivity contribution in [2.24, 2.45) is 0 Å². The van der Waals surface area contributed by atoms with E-state index < -0.39 is 0 Å². The number of allylic oxidation sites excluding steroid dienone is 1. The maximum atomic E-state index is 10.8. The summed E-state index contributed by atoms with van der Waals surface area (Å²) in [6, 6.07) is 6.16. The number of carbonyl (C=O) groups excluding carboxylic acids is 1. The fourth-order valence-electron chi connectivity index (χ4n) is 1.94. The molecule has 0 saturated carbocycles. The van der Waals surface area contributed by atoms with E-state index in [1.807, 2.05) is 26.2 Å². The number of carbonyl (C=O) groups is 1. The van der Waals surface area contributed by atoms with Gasteiger partial charge in [0.15, 0.2) is 0 Å². The Morgan fingerprint density at radius 2 is 2.06 bits per heavy atom. The molecule has 0 atom stereocenters. The van der Waals surface area contributed by atoms with Gasteiger partial charge in [-0.1, -0.05) is 17.7 Å². The number of aryl methyl sites for hydroxylation is 1. The molecule has 0 N–H and O–H groups in total. The van der Waals surface area contributed by atoms with Gasteiger partial charge in [-0.2, -0.15) is 0 Å². The summed E-state index contributed by atoms with van der Waals surface area (Å²) in [6.45, 7) is 0. The largest absolute Gasteiger partial charge is 0.378 e. The predicted octanol–water partition coefficient (Wildman–Crippen LogP) is 2.85. The molecule has 0 heterocycles. The standard InChI is InChI=1S/C13H14ClNO/c1-15(2)11-5-6-12-9(7-11)3-4-10(8-16)13(12)14/h5-8H,3-4H2,1-2H3. The molecule has 2 rings (SSSR count). The Morgan fingerprint density at radius 3 is 2.69 bits per heavy atom. The molecule has 3 heteroatoms. The molecule has 0 spiro atoms. The van der Waals surface area contributed by atoms with Crippen LogP contribution in [0.5, 0.6) is 0 Å². The minimum Gasteiger partial charge on any atom is -0.378 e. The highest BCUT2D eigenvalue weighted by molar-refractivity contribution is 6.50. The van der Waals surface area contributed by atoms with Gasteiger partial charge in [0, 0.05) is 25.4 Å². The molecule has 1 aliphatic rings. The molecule has 0 radical (unpaired) electrons. The van der Waals surface area contributed by atoms with Gasteiger partial charge in [0.1, 0.15) is 6.29 Å². The maximum Gasteiger partial charge on any atom is 0.147 e. The summed E-state index contributed by atoms with van der Waals surface area (Å²) in [5, 5.41) is 0.613. The first-order chi connectivity index (χ1) is 7.63. The summed E-state index contributed by atoms with van der Waals surface area (Å²) in [5.74, 6) is 0. The molecule has 0 aromatic heterocycles. The average Bonchev–Trinajstić information content (AvgIpc) is 2.29. The topological polar surface area (TPSA) is 20.3 Å². The highest BCUT2D eigenvalue weighted by Gasteiger charge is 2.17. The lowest BCUT2D eigenvalue weighted by molar-refractivity contribution is -0.105. The van der Waals surface area contributed by atoms with Gasteiger partial charge in [0.2, 0.25) is 0 Å². The van der Waals surface area contributed by atoms with Crippen molar-refractivity contribution in [3.63, 3.8) is 0 Å². The predicted molar refractivity (Wildman–Crippen MR) is 67.9 cm³/mol. The van der Waals surface area contributed by atoms with Crippen LogP contribution in [0.2, 0.25) is 0 Å². The summed E-state index contributed by atoms with van der Waals surface area (Å²) in [5.41, 5.74) is 4.10. The van der Waals surface area contributed by atoms with E-state index in [9.17, 15) is 4.79 Å². The molecule has 84 valence electrons. The maximum absolute atomic E-state index is 10.8. The second-order valence-electron chi connectivity index (χ2n) is 4.19. The highest BCUT2D eigenvalue weighted by atomic mass is 35.5. The Morgan fingerprint density at radius 1 is 1.31 bits per heavy atom. The van der Waals surface area contributed by atoms with Gasteiger partial charge in [-0.3, -0.25) is 4.79 Å². The Bertz CT molecular complexity index is 463. The second kappa shape index (κ2) is 4.30. The Balaban J connectivity index is 2.49. The van der Waals surface area contributed by atoms with Crippen LogP contribution in [0.1, 0.15) is 17.5 Å². The van der Waals surface area contributed by atoms with Gasteiger partial charge < -0.3 is 4.90 Å². The molecule has 0 fully saturated rings. The van der Waals surface area contributed by atoms with Gasteiger partial charge >= 0.3 is 0 Å². The molecular formula is C13H14ClNO. The fraction of sp³-hybridized carbons (Fsp3) is 0.308. The van der Waals surface area contributed by atoms with Crippen molar-refractivity contribution in [3.8, 4) is 0 Å². The number of halogens is 1. The van der Waals surface area contributed by atoms with Crippen LogP contribution in [0, 0.1) is 0 Å². The number of nitrogens with zero attached hydrogens (tertiary/aromatic N) is 1. The minimum atomic E-state index is 0.613. The summed E-state index contributed by atoms with van der Waals surface area (Å²) in [7, 11) is 4.03. The summed E-state index contributed by atoms with van der Waals surface area (Å²) in [4.78, 5) is 12.9. The first-order valence-electron chi connectivity index (χ1n) is 5.28. The van der Waals surface area contributed by atoms with Crippen molar-refractivity contribution in [1.29, 1.82) is 0 Å². The van der Waals surface area contributed by atoms with E-state index >= 15 is 0 Å². The quantitative estimate of drug-likeness (QED) is 0.735. The average molecular weight is 236 g/mol. The molecule has 0 aliphatic heterocycles. The summed E-state index contributed by atoms with van der Waals surface area (Å²) < 4.78 is 0. The zero-order valence-electron chi connectivity index (χ0n) is 9.46. The van der Waals surface area contributed by atoms with E-state index in [2.05, 4.69) is 11.0 Å². The van der Waals surface area contributed by atoms with Crippen LogP contribution < -0.4 is 4.90 Å². The van der Waals surface area contributed by atoms with Crippen LogP contribution in [0.3, 0.4) is 0 Å². The Kier molecular flexibility index (Phi) is 3.01. The lowest BCUT2D eigenvalue weighted by Crippen LogP contribution is -2.10. The van der Waals surface area contributed by atoms with E-state index in [0.29, 0.717) is 10.6 Å². The zero-order chi connectivity index (χ0) is 11.7. The normalized spacial score (nSPS) is 14.7. The third-order valence-electron chi connectivity index (χ3n) is 2.93. The third kappa shape index (κ3) is 1.85. The van der Waals surface area contributed by atoms with Crippen molar-refractivity contribution >= 4 is 28.6 Å². The van der Waals surface area contributed by atoms with Crippen LogP contribution in [0.4, 0.5) is 5.69 Å². The van der Waals surface area contributed by atoms with Crippen molar-refractivity contribution in [1.82, 2.24) is 0 Å². The third-order valence-corrected chi connectivity index (χ3v) is 3.38. The Labute approximate surface area is 101 Å². The number of anilines is 1. The molecule has 1 aromatic rings. The molecular weight excluding hydrogens is 222 g/mol. The van der Waals surface area contributed by atoms with Crippen molar-refractivity contribution in [3.05, 3.63) is 34.9 Å². The van der Waals surface area contributed by atoms with Gasteiger partial charge in [-0.05, 0) is 36.1 Å². The summed E-state index contributed by atoms with van der Waals surface area (Å²) >= 11 is 6.18. The van der Waals surface area contributed by atoms with E-state index in [1.54, 1.807) is 0 Å². The van der Waals surface area contributed by atoms with E-state index in [4.69, 9.17) is 11.6 Å². The molecule has 0 unspecified atom stereocenters. The number of hydrogen-bond acceptors (Lipinski definition) is 2. The first-order valence-corrected chi connectivity index (χ1v) is 5.65. The van der Waals surface area contributed by atoms with Gasteiger partial charge in [-0.15, -0.1) is 0 Å². The molecule has 0 amide bonds. The SMILES string of the molecule is CN(C)c1ccc2c(c1)CCC(C=O)=C2Cl. The Hall–Kier alpha value is -1.28. The van der Waals surface area contributed by atoms with E-state index in [-0.39, 0.29) is 0 Å². The number of aldehydes is 1. The van der Waals surface area contributed by atoms with Crippen LogP contribution in [-0.2, 0) is 11.2 Å². The molecule has 2 nitrogen and oxygen atoms in total. The number of fused-ring (bicyclic) bond motifs is 1. The van der Waals surface area contributed by atoms with Crippen LogP contribution >= 0.6 is 11.6 Å². The lowest BCUT2D eigenvalue weighted by Gasteiger charge is -2.20. The second-order valence-corrected chi connectivity index (χ2v) is 4.57. The number of hydrogen-bond donors (Lipinski definition) is 0. The first kappa shape index (κ1) is 11.2. The van der Waals surface area contributed by atoms with Crippen molar-refractivity contribution in [2.45, 2.75) is 12.8 Å². The van der Waals surface area contributed by atoms with Crippen LogP contribution in [-0.4, -0.2) is 20.4 Å². The van der Waals surface area contributed by atoms with Crippen molar-refractivity contribution < 1.29 is 4.79 Å². The lowest BCUT2D eigenvalue weighted by atomic mass is 9.92. The molecule has 16 heavy (non-hydrogen) atoms. The van der Waals surface area contributed by atoms with E-state index in [0.717, 1.165) is 30.4 Å². The minimum absolute atomic E-state index is 0.613. The van der Waals surface area contributed by atoms with Crippen molar-refractivity contribution in [2.75, 3.05) is 19.0 Å². The smallest absolute Gasteiger partial charge is 0.147 e. The molecule has 0 saturated heterocycles. The summed E-state index contributed by atoms with van der Waals surface area (Å²) in [6.07, 6.45) is 2.50. The van der Waals surface area contributed by atoms with Gasteiger partial charge in [0.05, 0.1) is 5.03 Å². The zero-order valence-corrected chi connectivity index (χ0v) is 10.2.